The number of nitriles is 1. The lowest BCUT2D eigenvalue weighted by atomic mass is 9.95. The van der Waals surface area contributed by atoms with Crippen molar-refractivity contribution in [2.45, 2.75) is 26.5 Å². The van der Waals surface area contributed by atoms with E-state index in [-0.39, 0.29) is 18.8 Å². The van der Waals surface area contributed by atoms with E-state index in [4.69, 9.17) is 9.47 Å². The number of fused-ring (bicyclic) bond motifs is 1. The summed E-state index contributed by atoms with van der Waals surface area (Å²) in [5.41, 5.74) is 4.67. The van der Waals surface area contributed by atoms with Crippen LogP contribution in [0.2, 0.25) is 0 Å². The van der Waals surface area contributed by atoms with E-state index in [0.717, 1.165) is 22.4 Å². The molecule has 0 radical (unpaired) electrons. The third kappa shape index (κ3) is 5.76. The van der Waals surface area contributed by atoms with Gasteiger partial charge < -0.3 is 14.4 Å². The van der Waals surface area contributed by atoms with Crippen molar-refractivity contribution in [1.82, 2.24) is 4.57 Å². The number of hydrogen-bond donors (Lipinski definition) is 0. The molecule has 0 N–H and O–H groups in total. The van der Waals surface area contributed by atoms with Gasteiger partial charge in [-0.3, -0.25) is 9.36 Å². The van der Waals surface area contributed by atoms with Crippen molar-refractivity contribution in [3.05, 3.63) is 126 Å². The lowest BCUT2D eigenvalue weighted by Gasteiger charge is -2.25. The monoisotopic (exact) mass is 578 g/mol. The number of aromatic nitrogens is 1. The molecule has 1 aromatic heterocycles. The van der Waals surface area contributed by atoms with E-state index in [1.54, 1.807) is 24.5 Å². The zero-order valence-corrected chi connectivity index (χ0v) is 24.6. The Labute approximate surface area is 247 Å². The normalized spacial score (nSPS) is 14.5. The first-order chi connectivity index (χ1) is 20.3. The first-order valence-electron chi connectivity index (χ1n) is 13.5. The van der Waals surface area contributed by atoms with Crippen LogP contribution < -0.4 is 24.5 Å². The van der Waals surface area contributed by atoms with E-state index in [1.165, 1.54) is 11.3 Å². The number of esters is 1. The summed E-state index contributed by atoms with van der Waals surface area (Å²) in [5, 5.41) is 9.30. The zero-order valence-electron chi connectivity index (χ0n) is 23.8. The Morgan fingerprint density at radius 3 is 2.48 bits per heavy atom. The molecule has 9 heteroatoms. The Morgan fingerprint density at radius 1 is 1.10 bits per heavy atom. The van der Waals surface area contributed by atoms with Crippen molar-refractivity contribution in [1.29, 1.82) is 5.26 Å². The molecular weight excluding hydrogens is 548 g/mol. The SMILES string of the molecule is CCOC(=O)C1=C(C)N=c2s/c(=C/c3ccc(OCc4ccccc4C#N)cc3)c(=O)n2[C@H]1c1ccc(N(C)C)cc1. The maximum Gasteiger partial charge on any atom is 0.338 e. The molecule has 3 aromatic carbocycles. The van der Waals surface area contributed by atoms with Gasteiger partial charge in [-0.05, 0) is 61.4 Å². The highest BCUT2D eigenvalue weighted by atomic mass is 32.1. The topological polar surface area (TPSA) is 96.9 Å². The van der Waals surface area contributed by atoms with Gasteiger partial charge in [0.1, 0.15) is 12.4 Å². The van der Waals surface area contributed by atoms with Gasteiger partial charge >= 0.3 is 5.97 Å². The van der Waals surface area contributed by atoms with Crippen LogP contribution in [0, 0.1) is 11.3 Å². The number of thiazole rings is 1. The minimum atomic E-state index is -0.661. The van der Waals surface area contributed by atoms with Crippen molar-refractivity contribution in [3.8, 4) is 11.8 Å². The average molecular weight is 579 g/mol. The van der Waals surface area contributed by atoms with Gasteiger partial charge in [-0.1, -0.05) is 53.8 Å². The van der Waals surface area contributed by atoms with Gasteiger partial charge in [0.15, 0.2) is 4.80 Å². The summed E-state index contributed by atoms with van der Waals surface area (Å²) in [4.78, 5) is 34.1. The maximum atomic E-state index is 13.8. The predicted octanol–water partition coefficient (Wildman–Crippen LogP) is 4.31. The number of hydrogen-bond acceptors (Lipinski definition) is 8. The molecule has 0 saturated carbocycles. The largest absolute Gasteiger partial charge is 0.489 e. The summed E-state index contributed by atoms with van der Waals surface area (Å²) in [5.74, 6) is 0.167. The van der Waals surface area contributed by atoms with Gasteiger partial charge in [-0.15, -0.1) is 0 Å². The highest BCUT2D eigenvalue weighted by Crippen LogP contribution is 2.31. The summed E-state index contributed by atoms with van der Waals surface area (Å²) >= 11 is 1.28. The van der Waals surface area contributed by atoms with Crippen molar-refractivity contribution < 1.29 is 14.3 Å². The van der Waals surface area contributed by atoms with Crippen LogP contribution in [0.5, 0.6) is 5.75 Å². The minimum absolute atomic E-state index is 0.219. The van der Waals surface area contributed by atoms with Crippen molar-refractivity contribution in [3.63, 3.8) is 0 Å². The molecule has 0 fully saturated rings. The van der Waals surface area contributed by atoms with Crippen LogP contribution in [-0.4, -0.2) is 31.2 Å². The molecule has 1 aliphatic rings. The number of carbonyl (C=O) groups excluding carboxylic acids is 1. The second kappa shape index (κ2) is 12.3. The second-order valence-corrected chi connectivity index (χ2v) is 10.9. The summed E-state index contributed by atoms with van der Waals surface area (Å²) in [6.07, 6.45) is 1.81. The van der Waals surface area contributed by atoms with Crippen molar-refractivity contribution >= 4 is 29.1 Å². The summed E-state index contributed by atoms with van der Waals surface area (Å²) in [7, 11) is 3.91. The smallest absolute Gasteiger partial charge is 0.338 e. The number of ether oxygens (including phenoxy) is 2. The number of carbonyl (C=O) groups is 1. The zero-order chi connectivity index (χ0) is 29.8. The quantitative estimate of drug-likeness (QED) is 0.289. The second-order valence-electron chi connectivity index (χ2n) is 9.91. The van der Waals surface area contributed by atoms with Gasteiger partial charge in [0.25, 0.3) is 5.56 Å². The Balaban J connectivity index is 1.49. The van der Waals surface area contributed by atoms with E-state index < -0.39 is 12.0 Å². The molecule has 1 aliphatic heterocycles. The first kappa shape index (κ1) is 28.6. The summed E-state index contributed by atoms with van der Waals surface area (Å²) in [6, 6.07) is 24.0. The predicted molar refractivity (Wildman–Crippen MR) is 163 cm³/mol. The van der Waals surface area contributed by atoms with Gasteiger partial charge in [-0.25, -0.2) is 9.79 Å². The molecule has 0 amide bonds. The molecule has 2 heterocycles. The molecular formula is C33H30N4O4S. The Morgan fingerprint density at radius 2 is 1.81 bits per heavy atom. The van der Waals surface area contributed by atoms with Gasteiger partial charge in [0, 0.05) is 25.3 Å². The van der Waals surface area contributed by atoms with Gasteiger partial charge in [0.2, 0.25) is 0 Å². The highest BCUT2D eigenvalue weighted by molar-refractivity contribution is 7.07. The van der Waals surface area contributed by atoms with Crippen LogP contribution in [0.15, 0.2) is 93.9 Å². The van der Waals surface area contributed by atoms with E-state index in [0.29, 0.717) is 31.9 Å². The van der Waals surface area contributed by atoms with Crippen molar-refractivity contribution in [2.75, 3.05) is 25.6 Å². The van der Waals surface area contributed by atoms with E-state index in [2.05, 4.69) is 11.1 Å². The van der Waals surface area contributed by atoms with Crippen LogP contribution in [0.1, 0.15) is 42.1 Å². The van der Waals surface area contributed by atoms with E-state index in [1.807, 2.05) is 91.8 Å². The first-order valence-corrected chi connectivity index (χ1v) is 14.3. The Kier molecular flexibility index (Phi) is 8.36. The van der Waals surface area contributed by atoms with Gasteiger partial charge in [0.05, 0.1) is 40.1 Å². The number of anilines is 1. The number of rotatable bonds is 8. The molecule has 0 unspecified atom stereocenters. The van der Waals surface area contributed by atoms with Crippen LogP contribution >= 0.6 is 11.3 Å². The molecule has 42 heavy (non-hydrogen) atoms. The molecule has 4 aromatic rings. The van der Waals surface area contributed by atoms with Crippen LogP contribution in [0.4, 0.5) is 5.69 Å². The van der Waals surface area contributed by atoms with E-state index >= 15 is 0 Å². The fourth-order valence-corrected chi connectivity index (χ4v) is 5.84. The fourth-order valence-electron chi connectivity index (χ4n) is 4.79. The number of allylic oxidation sites excluding steroid dienone is 1. The molecule has 1 atom stereocenters. The molecule has 8 nitrogen and oxygen atoms in total. The average Bonchev–Trinajstić information content (AvgIpc) is 3.30. The molecule has 0 saturated heterocycles. The lowest BCUT2D eigenvalue weighted by molar-refractivity contribution is -0.139. The van der Waals surface area contributed by atoms with Crippen molar-refractivity contribution in [2.24, 2.45) is 4.99 Å². The van der Waals surface area contributed by atoms with Crippen LogP contribution in [-0.2, 0) is 16.1 Å². The molecule has 212 valence electrons. The van der Waals surface area contributed by atoms with Crippen LogP contribution in [0.25, 0.3) is 6.08 Å². The summed E-state index contributed by atoms with van der Waals surface area (Å²) in [6.45, 7) is 4.03. The summed E-state index contributed by atoms with van der Waals surface area (Å²) < 4.78 is 13.4. The molecule has 0 spiro atoms. The Bertz CT molecular complexity index is 1880. The fraction of sp³-hybridized carbons (Fsp3) is 0.212. The maximum absolute atomic E-state index is 13.8. The minimum Gasteiger partial charge on any atom is -0.489 e. The third-order valence-corrected chi connectivity index (χ3v) is 7.94. The number of nitrogens with zero attached hydrogens (tertiary/aromatic N) is 4. The lowest BCUT2D eigenvalue weighted by Crippen LogP contribution is -2.39. The highest BCUT2D eigenvalue weighted by Gasteiger charge is 2.33. The molecule has 0 aliphatic carbocycles. The van der Waals surface area contributed by atoms with Gasteiger partial charge in [-0.2, -0.15) is 5.26 Å². The van der Waals surface area contributed by atoms with Crippen LogP contribution in [0.3, 0.4) is 0 Å². The Hall–Kier alpha value is -4.94. The van der Waals surface area contributed by atoms with E-state index in [9.17, 15) is 14.9 Å². The standard InChI is InChI=1S/C33H30N4O4S/c1-5-40-32(39)29-21(2)35-33-37(30(29)23-12-14-26(15-13-23)36(3)4)31(38)28(42-33)18-22-10-16-27(17-11-22)41-20-25-9-7-6-8-24(25)19-34/h6-18,30H,5,20H2,1-4H3/b28-18+/t30-/m0/s1. The molecule has 0 bridgehead atoms. The third-order valence-electron chi connectivity index (χ3n) is 6.95. The number of benzene rings is 3. The molecule has 5 rings (SSSR count).